The van der Waals surface area contributed by atoms with E-state index in [4.69, 9.17) is 14.2 Å². The number of rotatable bonds is 65. The van der Waals surface area contributed by atoms with E-state index in [1.54, 1.807) is 0 Å². The zero-order chi connectivity index (χ0) is 57.8. The number of unbranched alkanes of at least 4 members (excludes halogenated alkanes) is 44. The van der Waals surface area contributed by atoms with Crippen molar-refractivity contribution in [3.05, 3.63) is 60.8 Å². The highest BCUT2D eigenvalue weighted by molar-refractivity contribution is 5.71. The normalized spacial score (nSPS) is 12.4. The lowest BCUT2D eigenvalue weighted by atomic mass is 10.0. The molecule has 0 heterocycles. The van der Waals surface area contributed by atoms with E-state index in [-0.39, 0.29) is 31.1 Å². The quantitative estimate of drug-likeness (QED) is 0.0261. The summed E-state index contributed by atoms with van der Waals surface area (Å²) >= 11 is 0. The minimum absolute atomic E-state index is 0.0741. The zero-order valence-corrected chi connectivity index (χ0v) is 53.6. The summed E-state index contributed by atoms with van der Waals surface area (Å²) in [5.74, 6) is -0.865. The first-order chi connectivity index (χ1) is 39.5. The maximum Gasteiger partial charge on any atom is 0.306 e. The number of hydrogen-bond acceptors (Lipinski definition) is 6. The Labute approximate surface area is 498 Å². The summed E-state index contributed by atoms with van der Waals surface area (Å²) in [4.78, 5) is 38.4. The van der Waals surface area contributed by atoms with Gasteiger partial charge in [0.05, 0.1) is 0 Å². The lowest BCUT2D eigenvalue weighted by Gasteiger charge is -2.18. The number of hydrogen-bond donors (Lipinski definition) is 0. The van der Waals surface area contributed by atoms with Crippen molar-refractivity contribution >= 4 is 17.9 Å². The predicted octanol–water partition coefficient (Wildman–Crippen LogP) is 24.3. The third-order valence-corrected chi connectivity index (χ3v) is 15.7. The van der Waals surface area contributed by atoms with E-state index in [9.17, 15) is 14.4 Å². The average Bonchev–Trinajstić information content (AvgIpc) is 3.46. The van der Waals surface area contributed by atoms with Crippen molar-refractivity contribution in [1.82, 2.24) is 0 Å². The molecule has 0 saturated heterocycles. The first kappa shape index (κ1) is 77.1. The smallest absolute Gasteiger partial charge is 0.306 e. The Morgan fingerprint density at radius 3 is 0.750 bits per heavy atom. The van der Waals surface area contributed by atoms with E-state index < -0.39 is 6.10 Å². The molecule has 0 amide bonds. The third kappa shape index (κ3) is 65.9. The van der Waals surface area contributed by atoms with Crippen LogP contribution in [-0.4, -0.2) is 37.2 Å². The maximum absolute atomic E-state index is 12.9. The Morgan fingerprint density at radius 1 is 0.250 bits per heavy atom. The Hall–Kier alpha value is -2.89. The second-order valence-corrected chi connectivity index (χ2v) is 23.8. The highest BCUT2D eigenvalue weighted by Crippen LogP contribution is 2.18. The first-order valence-electron chi connectivity index (χ1n) is 35.3. The molecule has 466 valence electrons. The summed E-state index contributed by atoms with van der Waals surface area (Å²) < 4.78 is 17.0. The van der Waals surface area contributed by atoms with E-state index in [2.05, 4.69) is 81.5 Å². The van der Waals surface area contributed by atoms with Gasteiger partial charge in [-0.05, 0) is 83.5 Å². The SMILES string of the molecule is CCC/C=C\C/C=C\CCCCCCCC(=O)OCC(COC(=O)CCCCCCCCCCCCCCCCCC/C=C\C/C=C\C/C=C\CCCCCCC)OC(=O)CCCCCCCCCCCCCCCCCCCC. The molecule has 0 saturated carbocycles. The summed E-state index contributed by atoms with van der Waals surface area (Å²) in [5.41, 5.74) is 0. The fourth-order valence-corrected chi connectivity index (χ4v) is 10.4. The molecular weight excluding hydrogens is 985 g/mol. The van der Waals surface area contributed by atoms with Gasteiger partial charge in [-0.1, -0.05) is 332 Å². The minimum atomic E-state index is -0.778. The molecule has 1 unspecified atom stereocenters. The van der Waals surface area contributed by atoms with Crippen LogP contribution < -0.4 is 0 Å². The van der Waals surface area contributed by atoms with E-state index in [1.165, 1.54) is 238 Å². The van der Waals surface area contributed by atoms with Crippen LogP contribution in [0.3, 0.4) is 0 Å². The fraction of sp³-hybridized carbons (Fsp3) is 0.824. The number of carbonyl (C=O) groups is 3. The van der Waals surface area contributed by atoms with Crippen LogP contribution in [0.5, 0.6) is 0 Å². The van der Waals surface area contributed by atoms with Gasteiger partial charge in [0.2, 0.25) is 0 Å². The Bertz CT molecular complexity index is 1430. The zero-order valence-electron chi connectivity index (χ0n) is 53.6. The molecule has 6 heteroatoms. The van der Waals surface area contributed by atoms with Crippen molar-refractivity contribution in [2.24, 2.45) is 0 Å². The van der Waals surface area contributed by atoms with Gasteiger partial charge in [0.15, 0.2) is 6.10 Å². The van der Waals surface area contributed by atoms with Crippen LogP contribution in [0.25, 0.3) is 0 Å². The average molecular weight is 1120 g/mol. The monoisotopic (exact) mass is 1120 g/mol. The van der Waals surface area contributed by atoms with Crippen LogP contribution in [0.4, 0.5) is 0 Å². The topological polar surface area (TPSA) is 78.9 Å². The lowest BCUT2D eigenvalue weighted by molar-refractivity contribution is -0.167. The van der Waals surface area contributed by atoms with Gasteiger partial charge < -0.3 is 14.2 Å². The Morgan fingerprint density at radius 2 is 0.475 bits per heavy atom. The summed E-state index contributed by atoms with van der Waals surface area (Å²) in [6, 6.07) is 0. The molecule has 80 heavy (non-hydrogen) atoms. The second kappa shape index (κ2) is 68.6. The van der Waals surface area contributed by atoms with Gasteiger partial charge in [-0.2, -0.15) is 0 Å². The molecule has 0 aliphatic carbocycles. The predicted molar refractivity (Wildman–Crippen MR) is 348 cm³/mol. The standard InChI is InChI=1S/C74H134O6/c1-4-7-10-13-16-19-22-25-27-29-31-32-33-34-35-36-37-38-39-40-41-42-43-45-46-49-52-55-58-61-64-67-73(76)79-70-71(69-78-72(75)66-63-60-57-54-51-48-24-21-18-15-12-9-6-3)80-74(77)68-65-62-59-56-53-50-47-44-30-28-26-23-20-17-14-11-8-5-2/h12,15,21-22,24-25,29,31,33-34,71H,4-11,13-14,16-20,23,26-28,30,32,35-70H2,1-3H3/b15-12-,24-21-,25-22-,31-29-,34-33-. The molecule has 0 aliphatic heterocycles. The molecule has 0 aromatic heterocycles. The Kier molecular flexibility index (Phi) is 66.1. The van der Waals surface area contributed by atoms with E-state index in [0.717, 1.165) is 96.3 Å². The van der Waals surface area contributed by atoms with Gasteiger partial charge >= 0.3 is 17.9 Å². The van der Waals surface area contributed by atoms with Gasteiger partial charge in [-0.15, -0.1) is 0 Å². The number of allylic oxidation sites excluding steroid dienone is 10. The minimum Gasteiger partial charge on any atom is -0.462 e. The largest absolute Gasteiger partial charge is 0.462 e. The number of esters is 3. The molecule has 0 radical (unpaired) electrons. The summed E-state index contributed by atoms with van der Waals surface area (Å²) in [5, 5.41) is 0. The van der Waals surface area contributed by atoms with Gasteiger partial charge in [0, 0.05) is 19.3 Å². The summed E-state index contributed by atoms with van der Waals surface area (Å²) in [6.45, 7) is 6.61. The maximum atomic E-state index is 12.9. The summed E-state index contributed by atoms with van der Waals surface area (Å²) in [7, 11) is 0. The van der Waals surface area contributed by atoms with Crippen LogP contribution in [0.1, 0.15) is 374 Å². The molecule has 0 rings (SSSR count). The van der Waals surface area contributed by atoms with Crippen molar-refractivity contribution in [2.75, 3.05) is 13.2 Å². The second-order valence-electron chi connectivity index (χ2n) is 23.8. The third-order valence-electron chi connectivity index (χ3n) is 15.7. The van der Waals surface area contributed by atoms with Crippen molar-refractivity contribution in [3.8, 4) is 0 Å². The van der Waals surface area contributed by atoms with Crippen LogP contribution in [0.2, 0.25) is 0 Å². The van der Waals surface area contributed by atoms with E-state index in [1.807, 2.05) is 0 Å². The van der Waals surface area contributed by atoms with Crippen LogP contribution >= 0.6 is 0 Å². The van der Waals surface area contributed by atoms with Crippen molar-refractivity contribution in [2.45, 2.75) is 380 Å². The molecule has 0 aliphatic rings. The highest BCUT2D eigenvalue weighted by Gasteiger charge is 2.19. The first-order valence-corrected chi connectivity index (χ1v) is 35.3. The molecule has 0 aromatic rings. The van der Waals surface area contributed by atoms with Gasteiger partial charge in [-0.25, -0.2) is 0 Å². The van der Waals surface area contributed by atoms with Gasteiger partial charge in [0.1, 0.15) is 13.2 Å². The lowest BCUT2D eigenvalue weighted by Crippen LogP contribution is -2.30. The van der Waals surface area contributed by atoms with Crippen LogP contribution in [-0.2, 0) is 28.6 Å². The molecule has 0 fully saturated rings. The molecule has 0 N–H and O–H groups in total. The van der Waals surface area contributed by atoms with Crippen LogP contribution in [0, 0.1) is 0 Å². The molecule has 6 nitrogen and oxygen atoms in total. The number of carbonyl (C=O) groups excluding carboxylic acids is 3. The fourth-order valence-electron chi connectivity index (χ4n) is 10.4. The van der Waals surface area contributed by atoms with Gasteiger partial charge in [-0.3, -0.25) is 14.4 Å². The van der Waals surface area contributed by atoms with E-state index in [0.29, 0.717) is 19.3 Å². The van der Waals surface area contributed by atoms with Crippen molar-refractivity contribution in [3.63, 3.8) is 0 Å². The number of ether oxygens (including phenoxy) is 3. The molecule has 0 aromatic carbocycles. The highest BCUT2D eigenvalue weighted by atomic mass is 16.6. The van der Waals surface area contributed by atoms with Crippen molar-refractivity contribution < 1.29 is 28.6 Å². The van der Waals surface area contributed by atoms with Crippen molar-refractivity contribution in [1.29, 1.82) is 0 Å². The van der Waals surface area contributed by atoms with E-state index >= 15 is 0 Å². The van der Waals surface area contributed by atoms with Crippen LogP contribution in [0.15, 0.2) is 60.8 Å². The molecular formula is C74H134O6. The molecule has 0 spiro atoms. The molecule has 0 bridgehead atoms. The summed E-state index contributed by atoms with van der Waals surface area (Å²) in [6.07, 6.45) is 88.3. The molecule has 1 atom stereocenters. The van der Waals surface area contributed by atoms with Gasteiger partial charge in [0.25, 0.3) is 0 Å². The Balaban J connectivity index is 4.18.